The van der Waals surface area contributed by atoms with Crippen LogP contribution in [0.15, 0.2) is 6.07 Å². The molecule has 17 heavy (non-hydrogen) atoms. The summed E-state index contributed by atoms with van der Waals surface area (Å²) in [6, 6.07) is 1.88. The van der Waals surface area contributed by atoms with Crippen LogP contribution in [0.1, 0.15) is 29.4 Å². The molecule has 0 radical (unpaired) electrons. The Kier molecular flexibility index (Phi) is 3.57. The number of nitrogens with zero attached hydrogens (tertiary/aromatic N) is 1. The van der Waals surface area contributed by atoms with Crippen molar-refractivity contribution in [2.75, 3.05) is 30.8 Å². The Morgan fingerprint density at radius 3 is 2.88 bits per heavy atom. The van der Waals surface area contributed by atoms with E-state index >= 15 is 0 Å². The van der Waals surface area contributed by atoms with E-state index in [-0.39, 0.29) is 5.97 Å². The number of carbonyl (C=O) groups excluding carboxylic acids is 1. The molecular weight excluding hydrogens is 236 g/mol. The van der Waals surface area contributed by atoms with Crippen molar-refractivity contribution < 1.29 is 9.53 Å². The number of hydrogen-bond donors (Lipinski definition) is 1. The van der Waals surface area contributed by atoms with Crippen LogP contribution in [0.25, 0.3) is 0 Å². The fourth-order valence-corrected chi connectivity index (χ4v) is 2.86. The maximum absolute atomic E-state index is 11.5. The number of ether oxygens (including phenoxy) is 1. The fraction of sp³-hybridized carbons (Fsp3) is 0.583. The first kappa shape index (κ1) is 12.2. The summed E-state index contributed by atoms with van der Waals surface area (Å²) < 4.78 is 4.71. The van der Waals surface area contributed by atoms with Crippen molar-refractivity contribution in [2.24, 2.45) is 5.92 Å². The van der Waals surface area contributed by atoms with E-state index in [0.717, 1.165) is 24.0 Å². The highest BCUT2D eigenvalue weighted by Crippen LogP contribution is 2.36. The number of methoxy groups -OCH3 is 1. The van der Waals surface area contributed by atoms with Gasteiger partial charge in [0.2, 0.25) is 0 Å². The van der Waals surface area contributed by atoms with Gasteiger partial charge in [-0.1, -0.05) is 0 Å². The number of thiophene rings is 1. The largest absolute Gasteiger partial charge is 0.465 e. The zero-order valence-electron chi connectivity index (χ0n) is 10.2. The molecule has 94 valence electrons. The van der Waals surface area contributed by atoms with E-state index in [2.05, 4.69) is 11.8 Å². The second kappa shape index (κ2) is 4.96. The van der Waals surface area contributed by atoms with E-state index in [1.54, 1.807) is 0 Å². The van der Waals surface area contributed by atoms with Gasteiger partial charge in [0.1, 0.15) is 4.88 Å². The summed E-state index contributed by atoms with van der Waals surface area (Å²) >= 11 is 1.42. The smallest absolute Gasteiger partial charge is 0.350 e. The first-order valence-corrected chi connectivity index (χ1v) is 6.70. The molecular formula is C12H18N2O2S. The van der Waals surface area contributed by atoms with Crippen molar-refractivity contribution in [1.29, 1.82) is 0 Å². The highest BCUT2D eigenvalue weighted by Gasteiger charge is 2.25. The molecule has 0 unspecified atom stereocenters. The van der Waals surface area contributed by atoms with Crippen molar-refractivity contribution in [3.8, 4) is 0 Å². The van der Waals surface area contributed by atoms with Crippen LogP contribution in [0.3, 0.4) is 0 Å². The molecule has 1 aliphatic rings. The molecule has 1 aliphatic carbocycles. The number of esters is 1. The molecule has 1 saturated carbocycles. The predicted octanol–water partition coefficient (Wildman–Crippen LogP) is 2.35. The lowest BCUT2D eigenvalue weighted by molar-refractivity contribution is 0.0607. The molecule has 2 N–H and O–H groups in total. The molecule has 1 heterocycles. The highest BCUT2D eigenvalue weighted by molar-refractivity contribution is 7.18. The molecule has 4 nitrogen and oxygen atoms in total. The van der Waals surface area contributed by atoms with E-state index < -0.39 is 0 Å². The molecule has 0 spiro atoms. The van der Waals surface area contributed by atoms with Crippen molar-refractivity contribution in [3.05, 3.63) is 10.9 Å². The second-order valence-electron chi connectivity index (χ2n) is 4.34. The number of carbonyl (C=O) groups is 1. The summed E-state index contributed by atoms with van der Waals surface area (Å²) in [4.78, 5) is 14.3. The average Bonchev–Trinajstić information content (AvgIpc) is 3.07. The topological polar surface area (TPSA) is 55.6 Å². The highest BCUT2D eigenvalue weighted by atomic mass is 32.1. The molecule has 0 aliphatic heterocycles. The quantitative estimate of drug-likeness (QED) is 0.819. The lowest BCUT2D eigenvalue weighted by Gasteiger charge is -2.20. The minimum Gasteiger partial charge on any atom is -0.465 e. The van der Waals surface area contributed by atoms with E-state index in [9.17, 15) is 4.79 Å². The lowest BCUT2D eigenvalue weighted by Crippen LogP contribution is -2.24. The first-order valence-electron chi connectivity index (χ1n) is 5.88. The van der Waals surface area contributed by atoms with Gasteiger partial charge in [-0.25, -0.2) is 4.79 Å². The van der Waals surface area contributed by atoms with Gasteiger partial charge in [0.15, 0.2) is 0 Å². The molecule has 2 rings (SSSR count). The van der Waals surface area contributed by atoms with Gasteiger partial charge < -0.3 is 15.4 Å². The van der Waals surface area contributed by atoms with Crippen LogP contribution >= 0.6 is 11.3 Å². The molecule has 0 amide bonds. The van der Waals surface area contributed by atoms with Gasteiger partial charge in [-0.2, -0.15) is 0 Å². The Morgan fingerprint density at radius 2 is 2.35 bits per heavy atom. The molecule has 0 atom stereocenters. The molecule has 1 aromatic heterocycles. The molecule has 0 aromatic carbocycles. The van der Waals surface area contributed by atoms with Crippen LogP contribution in [-0.4, -0.2) is 26.2 Å². The SMILES string of the molecule is CCN(CC1CC1)c1cc(N)c(C(=O)OC)s1. The third-order valence-corrected chi connectivity index (χ3v) is 4.18. The Morgan fingerprint density at radius 1 is 1.65 bits per heavy atom. The van der Waals surface area contributed by atoms with Crippen molar-refractivity contribution in [1.82, 2.24) is 0 Å². The maximum Gasteiger partial charge on any atom is 0.350 e. The van der Waals surface area contributed by atoms with Crippen LogP contribution in [0.5, 0.6) is 0 Å². The van der Waals surface area contributed by atoms with Crippen molar-refractivity contribution >= 4 is 28.0 Å². The van der Waals surface area contributed by atoms with E-state index in [1.807, 2.05) is 6.07 Å². The molecule has 1 aromatic rings. The molecule has 1 fully saturated rings. The minimum atomic E-state index is -0.346. The molecule has 0 bridgehead atoms. The number of rotatable bonds is 5. The minimum absolute atomic E-state index is 0.346. The Bertz CT molecular complexity index is 413. The monoisotopic (exact) mass is 254 g/mol. The zero-order valence-corrected chi connectivity index (χ0v) is 11.0. The van der Waals surface area contributed by atoms with E-state index in [4.69, 9.17) is 10.5 Å². The zero-order chi connectivity index (χ0) is 12.4. The van der Waals surface area contributed by atoms with Gasteiger partial charge >= 0.3 is 5.97 Å². The van der Waals surface area contributed by atoms with Crippen LogP contribution in [0, 0.1) is 5.92 Å². The average molecular weight is 254 g/mol. The van der Waals surface area contributed by atoms with Crippen LogP contribution in [0.4, 0.5) is 10.7 Å². The summed E-state index contributed by atoms with van der Waals surface area (Å²) in [6.45, 7) is 4.13. The van der Waals surface area contributed by atoms with Crippen molar-refractivity contribution in [2.45, 2.75) is 19.8 Å². The normalized spacial score (nSPS) is 14.7. The van der Waals surface area contributed by atoms with Crippen LogP contribution < -0.4 is 10.6 Å². The standard InChI is InChI=1S/C12H18N2O2S/c1-3-14(7-8-4-5-8)10-6-9(13)11(17-10)12(15)16-2/h6,8H,3-5,7,13H2,1-2H3. The van der Waals surface area contributed by atoms with E-state index in [0.29, 0.717) is 10.6 Å². The Balaban J connectivity index is 2.16. The van der Waals surface area contributed by atoms with Crippen LogP contribution in [0.2, 0.25) is 0 Å². The molecule has 0 saturated heterocycles. The van der Waals surface area contributed by atoms with Gasteiger partial charge in [-0.15, -0.1) is 11.3 Å². The van der Waals surface area contributed by atoms with Gasteiger partial charge in [-0.05, 0) is 31.7 Å². The van der Waals surface area contributed by atoms with Gasteiger partial charge in [-0.3, -0.25) is 0 Å². The Hall–Kier alpha value is -1.23. The number of anilines is 2. The third-order valence-electron chi connectivity index (χ3n) is 2.99. The fourth-order valence-electron chi connectivity index (χ4n) is 1.79. The van der Waals surface area contributed by atoms with Crippen LogP contribution in [-0.2, 0) is 4.74 Å². The second-order valence-corrected chi connectivity index (χ2v) is 5.37. The summed E-state index contributed by atoms with van der Waals surface area (Å²) in [5.41, 5.74) is 6.36. The Labute approximate surface area is 105 Å². The van der Waals surface area contributed by atoms with Gasteiger partial charge in [0, 0.05) is 13.1 Å². The summed E-state index contributed by atoms with van der Waals surface area (Å²) in [7, 11) is 1.38. The lowest BCUT2D eigenvalue weighted by atomic mass is 10.3. The summed E-state index contributed by atoms with van der Waals surface area (Å²) in [5, 5.41) is 1.07. The third kappa shape index (κ3) is 2.72. The summed E-state index contributed by atoms with van der Waals surface area (Å²) in [6.07, 6.45) is 2.64. The number of hydrogen-bond acceptors (Lipinski definition) is 5. The number of nitrogen functional groups attached to an aromatic ring is 1. The van der Waals surface area contributed by atoms with Crippen molar-refractivity contribution in [3.63, 3.8) is 0 Å². The predicted molar refractivity (Wildman–Crippen MR) is 70.7 cm³/mol. The summed E-state index contributed by atoms with van der Waals surface area (Å²) in [5.74, 6) is 0.473. The maximum atomic E-state index is 11.5. The van der Waals surface area contributed by atoms with Gasteiger partial charge in [0.05, 0.1) is 17.8 Å². The van der Waals surface area contributed by atoms with Gasteiger partial charge in [0.25, 0.3) is 0 Å². The molecule has 5 heteroatoms. The van der Waals surface area contributed by atoms with E-state index in [1.165, 1.54) is 31.3 Å². The first-order chi connectivity index (χ1) is 8.15. The number of nitrogens with two attached hydrogens (primary N) is 1.